The van der Waals surface area contributed by atoms with Crippen molar-refractivity contribution in [1.82, 2.24) is 0 Å². The molecule has 2 aromatic rings. The Kier molecular flexibility index (Phi) is 5.25. The number of alkyl halides is 2. The van der Waals surface area contributed by atoms with E-state index in [0.717, 1.165) is 0 Å². The van der Waals surface area contributed by atoms with Crippen LogP contribution in [-0.2, 0) is 4.79 Å². The molecule has 0 saturated heterocycles. The lowest BCUT2D eigenvalue weighted by molar-refractivity contribution is -0.114. The number of hydrogen-bond acceptors (Lipinski definition) is 3. The van der Waals surface area contributed by atoms with Gasteiger partial charge in [-0.25, -0.2) is 0 Å². The number of hydrogen-bond donors (Lipinski definition) is 0. The molecular formula is C18H12Cl2F2N2O2. The van der Waals surface area contributed by atoms with Crippen molar-refractivity contribution in [3.8, 4) is 5.75 Å². The van der Waals surface area contributed by atoms with Gasteiger partial charge in [0.25, 0.3) is 5.91 Å². The number of ether oxygens (including phenoxy) is 1. The third-order valence-electron chi connectivity index (χ3n) is 3.63. The number of benzene rings is 2. The Morgan fingerprint density at radius 1 is 1.15 bits per heavy atom. The summed E-state index contributed by atoms with van der Waals surface area (Å²) < 4.78 is 29.1. The summed E-state index contributed by atoms with van der Waals surface area (Å²) in [6.07, 6.45) is 1.50. The van der Waals surface area contributed by atoms with Gasteiger partial charge in [-0.15, -0.1) is 0 Å². The first kappa shape index (κ1) is 18.4. The molecule has 1 heterocycles. The van der Waals surface area contributed by atoms with E-state index in [1.165, 1.54) is 29.3 Å². The molecule has 0 saturated carbocycles. The lowest BCUT2D eigenvalue weighted by Crippen LogP contribution is -2.21. The zero-order valence-corrected chi connectivity index (χ0v) is 14.9. The van der Waals surface area contributed by atoms with Crippen molar-refractivity contribution in [2.45, 2.75) is 13.5 Å². The Morgan fingerprint density at radius 2 is 1.85 bits per heavy atom. The summed E-state index contributed by atoms with van der Waals surface area (Å²) in [7, 11) is 0. The maximum atomic E-state index is 12.7. The minimum atomic E-state index is -2.95. The van der Waals surface area contributed by atoms with Crippen LogP contribution in [0, 0.1) is 0 Å². The third-order valence-corrected chi connectivity index (χ3v) is 4.22. The highest BCUT2D eigenvalue weighted by Gasteiger charge is 2.28. The molecule has 0 radical (unpaired) electrons. The number of halogens is 4. The van der Waals surface area contributed by atoms with Gasteiger partial charge in [-0.1, -0.05) is 23.2 Å². The van der Waals surface area contributed by atoms with E-state index in [1.807, 2.05) is 0 Å². The topological polar surface area (TPSA) is 41.9 Å². The van der Waals surface area contributed by atoms with Gasteiger partial charge < -0.3 is 4.74 Å². The van der Waals surface area contributed by atoms with E-state index >= 15 is 0 Å². The number of carbonyl (C=O) groups excluding carboxylic acids is 1. The lowest BCUT2D eigenvalue weighted by atomic mass is 10.1. The number of carbonyl (C=O) groups is 1. The average molecular weight is 397 g/mol. The molecule has 1 aliphatic rings. The molecule has 1 aliphatic heterocycles. The van der Waals surface area contributed by atoms with Gasteiger partial charge in [0.05, 0.1) is 17.0 Å². The van der Waals surface area contributed by atoms with Gasteiger partial charge in [0.1, 0.15) is 5.75 Å². The van der Waals surface area contributed by atoms with Gasteiger partial charge in [-0.3, -0.25) is 4.79 Å². The Balaban J connectivity index is 1.93. The predicted molar refractivity (Wildman–Crippen MR) is 98.1 cm³/mol. The number of anilines is 1. The molecule has 134 valence electrons. The largest absolute Gasteiger partial charge is 0.435 e. The zero-order valence-electron chi connectivity index (χ0n) is 13.4. The summed E-state index contributed by atoms with van der Waals surface area (Å²) in [4.78, 5) is 12.7. The van der Waals surface area contributed by atoms with Crippen molar-refractivity contribution in [2.24, 2.45) is 5.10 Å². The molecule has 1 amide bonds. The summed E-state index contributed by atoms with van der Waals surface area (Å²) in [5.41, 5.74) is 1.71. The van der Waals surface area contributed by atoms with Crippen LogP contribution < -0.4 is 9.75 Å². The van der Waals surface area contributed by atoms with Gasteiger partial charge in [0, 0.05) is 10.0 Å². The van der Waals surface area contributed by atoms with Gasteiger partial charge in [-0.05, 0) is 61.0 Å². The zero-order chi connectivity index (χ0) is 18.8. The van der Waals surface area contributed by atoms with Gasteiger partial charge in [0.2, 0.25) is 0 Å². The monoisotopic (exact) mass is 396 g/mol. The van der Waals surface area contributed by atoms with E-state index in [-0.39, 0.29) is 11.7 Å². The Bertz CT molecular complexity index is 912. The summed E-state index contributed by atoms with van der Waals surface area (Å²) in [5.74, 6) is -0.410. The fourth-order valence-corrected chi connectivity index (χ4v) is 2.70. The normalized spacial score (nSPS) is 15.8. The van der Waals surface area contributed by atoms with E-state index < -0.39 is 6.61 Å². The van der Waals surface area contributed by atoms with Crippen molar-refractivity contribution >= 4 is 46.6 Å². The van der Waals surface area contributed by atoms with Gasteiger partial charge in [-0.2, -0.15) is 18.9 Å². The molecule has 4 nitrogen and oxygen atoms in total. The van der Waals surface area contributed by atoms with Crippen molar-refractivity contribution in [2.75, 3.05) is 5.01 Å². The van der Waals surface area contributed by atoms with Crippen LogP contribution in [0.3, 0.4) is 0 Å². The van der Waals surface area contributed by atoms with Crippen LogP contribution >= 0.6 is 23.2 Å². The summed E-state index contributed by atoms with van der Waals surface area (Å²) in [6, 6.07) is 10.7. The van der Waals surface area contributed by atoms with E-state index in [4.69, 9.17) is 23.2 Å². The first-order chi connectivity index (χ1) is 12.3. The highest BCUT2D eigenvalue weighted by atomic mass is 35.5. The second-order valence-electron chi connectivity index (χ2n) is 5.40. The fraction of sp³-hybridized carbons (Fsp3) is 0.111. The van der Waals surface area contributed by atoms with Gasteiger partial charge in [0.15, 0.2) is 0 Å². The molecule has 0 N–H and O–H groups in total. The predicted octanol–water partition coefficient (Wildman–Crippen LogP) is 5.40. The first-order valence-corrected chi connectivity index (χ1v) is 8.22. The van der Waals surface area contributed by atoms with E-state index in [2.05, 4.69) is 9.84 Å². The number of nitrogens with zero attached hydrogens (tertiary/aromatic N) is 2. The average Bonchev–Trinajstić information content (AvgIpc) is 2.86. The lowest BCUT2D eigenvalue weighted by Gasteiger charge is -2.11. The molecule has 26 heavy (non-hydrogen) atoms. The van der Waals surface area contributed by atoms with Crippen LogP contribution in [0.1, 0.15) is 12.5 Å². The molecule has 0 atom stereocenters. The van der Waals surface area contributed by atoms with Crippen molar-refractivity contribution in [3.63, 3.8) is 0 Å². The molecule has 0 aliphatic carbocycles. The molecular weight excluding hydrogens is 385 g/mol. The number of hydrazone groups is 1. The minimum absolute atomic E-state index is 0.0501. The molecule has 8 heteroatoms. The van der Waals surface area contributed by atoms with Crippen molar-refractivity contribution in [3.05, 3.63) is 63.6 Å². The van der Waals surface area contributed by atoms with Crippen LogP contribution in [0.5, 0.6) is 5.75 Å². The maximum Gasteiger partial charge on any atom is 0.387 e. The second kappa shape index (κ2) is 7.43. The van der Waals surface area contributed by atoms with Crippen LogP contribution in [0.4, 0.5) is 14.5 Å². The Labute approximate surface area is 158 Å². The molecule has 0 fully saturated rings. The summed E-state index contributed by atoms with van der Waals surface area (Å²) in [5, 5.41) is 6.32. The quantitative estimate of drug-likeness (QED) is 0.649. The van der Waals surface area contributed by atoms with Crippen LogP contribution in [0.2, 0.25) is 10.0 Å². The number of amides is 1. The fourth-order valence-electron chi connectivity index (χ4n) is 2.41. The highest BCUT2D eigenvalue weighted by molar-refractivity contribution is 6.35. The second-order valence-corrected chi connectivity index (χ2v) is 6.24. The maximum absolute atomic E-state index is 12.7. The standard InChI is InChI=1S/C18H12Cl2F2N2O2/c1-10-15(9-11-8-14(26-18(21)22)6-7-16(11)20)17(25)24(23-10)13-4-2-12(19)3-5-13/h2-9,18H,1H3/b15-9+. The summed E-state index contributed by atoms with van der Waals surface area (Å²) in [6.45, 7) is -1.28. The molecule has 0 bridgehead atoms. The molecule has 0 spiro atoms. The SMILES string of the molecule is CC1=NN(c2ccc(Cl)cc2)C(=O)/C1=C/c1cc(OC(F)F)ccc1Cl. The van der Waals surface area contributed by atoms with Crippen LogP contribution in [0.25, 0.3) is 6.08 Å². The molecule has 2 aromatic carbocycles. The van der Waals surface area contributed by atoms with E-state index in [9.17, 15) is 13.6 Å². The Hall–Kier alpha value is -2.44. The van der Waals surface area contributed by atoms with E-state index in [0.29, 0.717) is 32.6 Å². The number of rotatable bonds is 4. The summed E-state index contributed by atoms with van der Waals surface area (Å²) >= 11 is 12.0. The molecule has 0 aromatic heterocycles. The van der Waals surface area contributed by atoms with Crippen LogP contribution in [0.15, 0.2) is 53.1 Å². The Morgan fingerprint density at radius 3 is 2.50 bits per heavy atom. The third kappa shape index (κ3) is 3.86. The minimum Gasteiger partial charge on any atom is -0.435 e. The molecule has 3 rings (SSSR count). The van der Waals surface area contributed by atoms with Crippen LogP contribution in [-0.4, -0.2) is 18.2 Å². The van der Waals surface area contributed by atoms with E-state index in [1.54, 1.807) is 31.2 Å². The molecule has 0 unspecified atom stereocenters. The van der Waals surface area contributed by atoms with Gasteiger partial charge >= 0.3 is 6.61 Å². The smallest absolute Gasteiger partial charge is 0.387 e. The van der Waals surface area contributed by atoms with Crippen molar-refractivity contribution < 1.29 is 18.3 Å². The highest BCUT2D eigenvalue weighted by Crippen LogP contribution is 2.29. The first-order valence-electron chi connectivity index (χ1n) is 7.47. The van der Waals surface area contributed by atoms with Crippen molar-refractivity contribution in [1.29, 1.82) is 0 Å².